The molecule has 10 nitrogen and oxygen atoms in total. The molecule has 1 N–H and O–H groups in total. The van der Waals surface area contributed by atoms with Gasteiger partial charge in [0.2, 0.25) is 5.13 Å². The lowest BCUT2D eigenvalue weighted by Gasteiger charge is -2.05. The Hall–Kier alpha value is -4.82. The molecule has 0 aliphatic heterocycles. The Kier molecular flexibility index (Phi) is 7.17. The highest BCUT2D eigenvalue weighted by Gasteiger charge is 2.20. The van der Waals surface area contributed by atoms with E-state index in [1.165, 1.54) is 41.7 Å². The highest BCUT2D eigenvalue weighted by atomic mass is 32.1. The van der Waals surface area contributed by atoms with Crippen LogP contribution in [0.3, 0.4) is 0 Å². The molecule has 1 amide bonds. The summed E-state index contributed by atoms with van der Waals surface area (Å²) in [5.41, 5.74) is 1.74. The summed E-state index contributed by atoms with van der Waals surface area (Å²) in [6, 6.07) is 17.0. The second-order valence-corrected chi connectivity index (χ2v) is 8.40. The highest BCUT2D eigenvalue weighted by molar-refractivity contribution is 7.18. The summed E-state index contributed by atoms with van der Waals surface area (Å²) >= 11 is 1.18. The lowest BCUT2D eigenvalue weighted by atomic mass is 10.1. The molecule has 4 rings (SSSR count). The van der Waals surface area contributed by atoms with Crippen molar-refractivity contribution < 1.29 is 18.9 Å². The number of nitro groups is 1. The largest absolute Gasteiger partial charge is 0.494 e. The molecule has 0 saturated carbocycles. The number of nitro benzene ring substituents is 1. The van der Waals surface area contributed by atoms with Gasteiger partial charge in [-0.1, -0.05) is 35.6 Å². The van der Waals surface area contributed by atoms with Crippen molar-refractivity contribution in [1.29, 1.82) is 5.26 Å². The summed E-state index contributed by atoms with van der Waals surface area (Å²) in [6.07, 6.45) is 1.25. The molecule has 2 aromatic carbocycles. The van der Waals surface area contributed by atoms with Crippen LogP contribution in [0.25, 0.3) is 28.0 Å². The summed E-state index contributed by atoms with van der Waals surface area (Å²) < 4.78 is 11.0. The van der Waals surface area contributed by atoms with Gasteiger partial charge in [0.15, 0.2) is 0 Å². The zero-order chi connectivity index (χ0) is 25.7. The van der Waals surface area contributed by atoms with Gasteiger partial charge in [-0.05, 0) is 43.7 Å². The van der Waals surface area contributed by atoms with E-state index in [1.807, 2.05) is 37.3 Å². The second kappa shape index (κ2) is 10.6. The van der Waals surface area contributed by atoms with E-state index in [0.717, 1.165) is 11.1 Å². The van der Waals surface area contributed by atoms with Gasteiger partial charge in [-0.25, -0.2) is 0 Å². The SMILES string of the molecule is CCOc1ccc(-c2ccc(C=C(C#N)C(=O)Nc3nnc(-c4ccccc4C)s3)o2)c([N+](=O)[O-])c1. The van der Waals surface area contributed by atoms with E-state index in [-0.39, 0.29) is 33.5 Å². The number of aromatic nitrogens is 2. The van der Waals surface area contributed by atoms with Crippen LogP contribution < -0.4 is 10.1 Å². The van der Waals surface area contributed by atoms with Gasteiger partial charge in [-0.15, -0.1) is 10.2 Å². The third-order valence-corrected chi connectivity index (χ3v) is 5.91. The topological polar surface area (TPSA) is 144 Å². The van der Waals surface area contributed by atoms with Crippen molar-refractivity contribution >= 4 is 34.1 Å². The molecule has 0 unspecified atom stereocenters. The number of hydrogen-bond acceptors (Lipinski definition) is 9. The number of ether oxygens (including phenoxy) is 1. The predicted octanol–water partition coefficient (Wildman–Crippen LogP) is 5.63. The highest BCUT2D eigenvalue weighted by Crippen LogP contribution is 2.35. The van der Waals surface area contributed by atoms with Crippen LogP contribution in [-0.2, 0) is 4.79 Å². The van der Waals surface area contributed by atoms with Gasteiger partial charge in [-0.3, -0.25) is 20.2 Å². The minimum Gasteiger partial charge on any atom is -0.494 e. The van der Waals surface area contributed by atoms with Crippen molar-refractivity contribution in [1.82, 2.24) is 10.2 Å². The molecule has 0 bridgehead atoms. The van der Waals surface area contributed by atoms with Crippen LogP contribution >= 0.6 is 11.3 Å². The van der Waals surface area contributed by atoms with E-state index >= 15 is 0 Å². The van der Waals surface area contributed by atoms with E-state index in [9.17, 15) is 20.2 Å². The Labute approximate surface area is 209 Å². The van der Waals surface area contributed by atoms with E-state index in [1.54, 1.807) is 13.0 Å². The maximum atomic E-state index is 12.7. The maximum absolute atomic E-state index is 12.7. The standard InChI is InChI=1S/C25H19N5O5S/c1-3-34-17-8-10-20(21(13-17)30(32)33)22-11-9-18(35-22)12-16(14-26)23(31)27-25-29-28-24(36-25)19-7-5-4-6-15(19)2/h4-13H,3H2,1-2H3,(H,27,29,31). The number of rotatable bonds is 8. The number of anilines is 1. The fourth-order valence-corrected chi connectivity index (χ4v) is 4.18. The predicted molar refractivity (Wildman–Crippen MR) is 134 cm³/mol. The van der Waals surface area contributed by atoms with Gasteiger partial charge in [-0.2, -0.15) is 5.26 Å². The molecule has 36 heavy (non-hydrogen) atoms. The Morgan fingerprint density at radius 1 is 1.22 bits per heavy atom. The van der Waals surface area contributed by atoms with Gasteiger partial charge in [0.1, 0.15) is 33.9 Å². The number of aryl methyl sites for hydroxylation is 1. The molecule has 0 atom stereocenters. The third kappa shape index (κ3) is 5.29. The molecule has 11 heteroatoms. The number of benzene rings is 2. The molecule has 0 spiro atoms. The van der Waals surface area contributed by atoms with Crippen molar-refractivity contribution in [3.63, 3.8) is 0 Å². The van der Waals surface area contributed by atoms with Crippen LogP contribution in [0.15, 0.2) is 64.6 Å². The van der Waals surface area contributed by atoms with Gasteiger partial charge < -0.3 is 9.15 Å². The zero-order valence-electron chi connectivity index (χ0n) is 19.2. The summed E-state index contributed by atoms with van der Waals surface area (Å²) in [4.78, 5) is 23.7. The second-order valence-electron chi connectivity index (χ2n) is 7.42. The Morgan fingerprint density at radius 3 is 2.75 bits per heavy atom. The first kappa shape index (κ1) is 24.3. The number of furan rings is 1. The molecule has 0 fully saturated rings. The molecule has 0 radical (unpaired) electrons. The van der Waals surface area contributed by atoms with Crippen LogP contribution in [0.2, 0.25) is 0 Å². The lowest BCUT2D eigenvalue weighted by Crippen LogP contribution is -2.13. The number of amides is 1. The minimum atomic E-state index is -0.685. The van der Waals surface area contributed by atoms with Gasteiger partial charge in [0, 0.05) is 11.6 Å². The molecule has 2 heterocycles. The monoisotopic (exact) mass is 501 g/mol. The number of nitrogens with one attached hydrogen (secondary N) is 1. The van der Waals surface area contributed by atoms with Crippen LogP contribution in [0.4, 0.5) is 10.8 Å². The summed E-state index contributed by atoms with van der Waals surface area (Å²) in [6.45, 7) is 4.10. The van der Waals surface area contributed by atoms with Crippen molar-refractivity contribution in [3.8, 4) is 33.7 Å². The van der Waals surface area contributed by atoms with Gasteiger partial charge in [0.25, 0.3) is 11.6 Å². The third-order valence-electron chi connectivity index (χ3n) is 5.04. The first-order valence-corrected chi connectivity index (χ1v) is 11.6. The molecule has 0 saturated heterocycles. The van der Waals surface area contributed by atoms with Crippen LogP contribution in [0, 0.1) is 28.4 Å². The maximum Gasteiger partial charge on any atom is 0.284 e. The fourth-order valence-electron chi connectivity index (χ4n) is 3.35. The number of carbonyl (C=O) groups excluding carboxylic acids is 1. The Morgan fingerprint density at radius 2 is 2.03 bits per heavy atom. The van der Waals surface area contributed by atoms with Crippen molar-refractivity contribution in [2.45, 2.75) is 13.8 Å². The van der Waals surface area contributed by atoms with Crippen LogP contribution in [0.5, 0.6) is 5.75 Å². The first-order chi connectivity index (χ1) is 17.4. The van der Waals surface area contributed by atoms with E-state index in [2.05, 4.69) is 15.5 Å². The fraction of sp³-hybridized carbons (Fsp3) is 0.120. The van der Waals surface area contributed by atoms with Gasteiger partial charge in [0.05, 0.1) is 23.2 Å². The van der Waals surface area contributed by atoms with E-state index in [0.29, 0.717) is 17.4 Å². The smallest absolute Gasteiger partial charge is 0.284 e. The number of nitrogens with zero attached hydrogens (tertiary/aromatic N) is 4. The molecule has 180 valence electrons. The van der Waals surface area contributed by atoms with E-state index in [4.69, 9.17) is 9.15 Å². The van der Waals surface area contributed by atoms with Crippen molar-refractivity contribution in [3.05, 3.63) is 81.6 Å². The van der Waals surface area contributed by atoms with Crippen molar-refractivity contribution in [2.75, 3.05) is 11.9 Å². The van der Waals surface area contributed by atoms with Crippen molar-refractivity contribution in [2.24, 2.45) is 0 Å². The first-order valence-electron chi connectivity index (χ1n) is 10.7. The average Bonchev–Trinajstić information content (AvgIpc) is 3.52. The molecule has 0 aliphatic rings. The van der Waals surface area contributed by atoms with Gasteiger partial charge >= 0.3 is 0 Å². The normalized spacial score (nSPS) is 11.1. The summed E-state index contributed by atoms with van der Waals surface area (Å²) in [7, 11) is 0. The average molecular weight is 502 g/mol. The molecule has 0 aliphatic carbocycles. The number of carbonyl (C=O) groups is 1. The Bertz CT molecular complexity index is 1520. The molecule has 4 aromatic rings. The zero-order valence-corrected chi connectivity index (χ0v) is 20.0. The molecular formula is C25H19N5O5S. The quantitative estimate of drug-likeness (QED) is 0.142. The summed E-state index contributed by atoms with van der Waals surface area (Å²) in [5, 5.41) is 32.6. The van der Waals surface area contributed by atoms with Crippen LogP contribution in [0.1, 0.15) is 18.2 Å². The molecule has 2 aromatic heterocycles. The number of nitriles is 1. The lowest BCUT2D eigenvalue weighted by molar-refractivity contribution is -0.384. The molecular weight excluding hydrogens is 482 g/mol. The summed E-state index contributed by atoms with van der Waals surface area (Å²) in [5.74, 6) is 0.0683. The Balaban J connectivity index is 1.54. The number of hydrogen-bond donors (Lipinski definition) is 1. The van der Waals surface area contributed by atoms with Crippen LogP contribution in [-0.4, -0.2) is 27.6 Å². The van der Waals surface area contributed by atoms with E-state index < -0.39 is 10.8 Å². The minimum absolute atomic E-state index is 0.178.